The van der Waals surface area contributed by atoms with Crippen LogP contribution in [0, 0.1) is 11.3 Å². The van der Waals surface area contributed by atoms with Gasteiger partial charge in [0.15, 0.2) is 0 Å². The van der Waals surface area contributed by atoms with Gasteiger partial charge in [-0.05, 0) is 17.8 Å². The highest BCUT2D eigenvalue weighted by Crippen LogP contribution is 2.27. The number of unbranched alkanes of at least 4 members (excludes halogenated alkanes) is 2. The first-order valence-corrected chi connectivity index (χ1v) is 7.81. The Balaban J connectivity index is 2.95. The van der Waals surface area contributed by atoms with E-state index >= 15 is 0 Å². The zero-order valence-corrected chi connectivity index (χ0v) is 13.8. The molecule has 2 atom stereocenters. The summed E-state index contributed by atoms with van der Waals surface area (Å²) < 4.78 is 0. The molecule has 0 bridgehead atoms. The van der Waals surface area contributed by atoms with Gasteiger partial charge in [0.05, 0.1) is 0 Å². The number of rotatable bonds is 5. The quantitative estimate of drug-likeness (QED) is 0.788. The van der Waals surface area contributed by atoms with Crippen LogP contribution in [0.1, 0.15) is 60.8 Å². The summed E-state index contributed by atoms with van der Waals surface area (Å²) in [6.45, 7) is 12.8. The Morgan fingerprint density at radius 3 is 2.25 bits per heavy atom. The summed E-state index contributed by atoms with van der Waals surface area (Å²) in [4.78, 5) is 26.9. The second-order valence-corrected chi connectivity index (χ2v) is 7.24. The fourth-order valence-electron chi connectivity index (χ4n) is 2.76. The average Bonchev–Trinajstić information content (AvgIpc) is 2.31. The van der Waals surface area contributed by atoms with Gasteiger partial charge in [0.2, 0.25) is 11.8 Å². The molecule has 0 aliphatic carbocycles. The highest BCUT2D eigenvalue weighted by Gasteiger charge is 2.45. The van der Waals surface area contributed by atoms with Crippen LogP contribution in [0.3, 0.4) is 0 Å². The van der Waals surface area contributed by atoms with Crippen molar-refractivity contribution >= 4 is 11.8 Å². The summed E-state index contributed by atoms with van der Waals surface area (Å²) >= 11 is 0. The van der Waals surface area contributed by atoms with Crippen molar-refractivity contribution in [2.24, 2.45) is 11.3 Å². The summed E-state index contributed by atoms with van der Waals surface area (Å²) in [5.74, 6) is 0.212. The molecular weight excluding hydrogens is 252 g/mol. The summed E-state index contributed by atoms with van der Waals surface area (Å²) in [5.41, 5.74) is -0.252. The first kappa shape index (κ1) is 17.0. The van der Waals surface area contributed by atoms with Crippen LogP contribution < -0.4 is 5.32 Å². The number of carbonyl (C=O) groups excluding carboxylic acids is 2. The molecule has 4 heteroatoms. The SMILES string of the molecule is CCCCCN1C(=O)C(C(C)(C)C)NC(=O)C1C(C)C. The van der Waals surface area contributed by atoms with Gasteiger partial charge >= 0.3 is 0 Å². The maximum atomic E-state index is 12.7. The van der Waals surface area contributed by atoms with E-state index in [2.05, 4.69) is 12.2 Å². The Bertz CT molecular complexity index is 358. The molecule has 20 heavy (non-hydrogen) atoms. The second-order valence-electron chi connectivity index (χ2n) is 7.24. The molecule has 0 saturated carbocycles. The van der Waals surface area contributed by atoms with Crippen molar-refractivity contribution in [2.45, 2.75) is 72.9 Å². The monoisotopic (exact) mass is 282 g/mol. The molecule has 1 saturated heterocycles. The highest BCUT2D eigenvalue weighted by molar-refractivity contribution is 5.97. The third-order valence-electron chi connectivity index (χ3n) is 3.92. The Hall–Kier alpha value is -1.06. The van der Waals surface area contributed by atoms with Crippen molar-refractivity contribution in [2.75, 3.05) is 6.54 Å². The first-order chi connectivity index (χ1) is 9.20. The average molecular weight is 282 g/mol. The van der Waals surface area contributed by atoms with Gasteiger partial charge in [-0.2, -0.15) is 0 Å². The molecule has 2 unspecified atom stereocenters. The molecule has 0 aromatic rings. The number of carbonyl (C=O) groups is 2. The Labute approximate surface area is 123 Å². The minimum Gasteiger partial charge on any atom is -0.342 e. The maximum absolute atomic E-state index is 12.7. The van der Waals surface area contributed by atoms with Gasteiger partial charge in [-0.25, -0.2) is 0 Å². The molecule has 1 rings (SSSR count). The third kappa shape index (κ3) is 3.74. The van der Waals surface area contributed by atoms with Gasteiger partial charge in [-0.15, -0.1) is 0 Å². The fourth-order valence-corrected chi connectivity index (χ4v) is 2.76. The van der Waals surface area contributed by atoms with Crippen LogP contribution in [0.25, 0.3) is 0 Å². The number of nitrogens with zero attached hydrogens (tertiary/aromatic N) is 1. The number of nitrogens with one attached hydrogen (secondary N) is 1. The lowest BCUT2D eigenvalue weighted by atomic mass is 9.82. The Kier molecular flexibility index (Phi) is 5.60. The van der Waals surface area contributed by atoms with Crippen molar-refractivity contribution < 1.29 is 9.59 Å². The molecular formula is C16H30N2O2. The summed E-state index contributed by atoms with van der Waals surface area (Å²) in [7, 11) is 0. The van der Waals surface area contributed by atoms with E-state index in [4.69, 9.17) is 0 Å². The van der Waals surface area contributed by atoms with E-state index in [-0.39, 0.29) is 29.2 Å². The molecule has 116 valence electrons. The molecule has 0 spiro atoms. The lowest BCUT2D eigenvalue weighted by molar-refractivity contribution is -0.154. The standard InChI is InChI=1S/C16H30N2O2/c1-7-8-9-10-18-12(11(2)3)14(19)17-13(15(18)20)16(4,5)6/h11-13H,7-10H2,1-6H3,(H,17,19). The molecule has 0 aromatic carbocycles. The predicted molar refractivity (Wildman–Crippen MR) is 81.2 cm³/mol. The van der Waals surface area contributed by atoms with E-state index in [0.29, 0.717) is 6.54 Å². The number of piperazine rings is 1. The van der Waals surface area contributed by atoms with Crippen molar-refractivity contribution in [1.29, 1.82) is 0 Å². The summed E-state index contributed by atoms with van der Waals surface area (Å²) in [6, 6.07) is -0.732. The maximum Gasteiger partial charge on any atom is 0.246 e. The van der Waals surface area contributed by atoms with E-state index in [0.717, 1.165) is 19.3 Å². The van der Waals surface area contributed by atoms with Crippen LogP contribution in [0.4, 0.5) is 0 Å². The number of hydrogen-bond donors (Lipinski definition) is 1. The molecule has 1 heterocycles. The molecule has 2 amide bonds. The van der Waals surface area contributed by atoms with Gasteiger partial charge in [0, 0.05) is 6.54 Å². The van der Waals surface area contributed by atoms with E-state index < -0.39 is 6.04 Å². The topological polar surface area (TPSA) is 49.4 Å². The largest absolute Gasteiger partial charge is 0.342 e. The molecule has 1 aliphatic rings. The fraction of sp³-hybridized carbons (Fsp3) is 0.875. The van der Waals surface area contributed by atoms with Gasteiger partial charge in [-0.1, -0.05) is 54.4 Å². The van der Waals surface area contributed by atoms with Crippen LogP contribution in [0.15, 0.2) is 0 Å². The zero-order valence-electron chi connectivity index (χ0n) is 13.8. The van der Waals surface area contributed by atoms with Gasteiger partial charge in [0.1, 0.15) is 12.1 Å². The first-order valence-electron chi connectivity index (χ1n) is 7.81. The van der Waals surface area contributed by atoms with Crippen LogP contribution in [0.5, 0.6) is 0 Å². The minimum atomic E-state index is -0.411. The lowest BCUT2D eigenvalue weighted by Gasteiger charge is -2.44. The molecule has 1 N–H and O–H groups in total. The lowest BCUT2D eigenvalue weighted by Crippen LogP contribution is -2.67. The molecule has 0 radical (unpaired) electrons. The molecule has 4 nitrogen and oxygen atoms in total. The van der Waals surface area contributed by atoms with E-state index in [1.807, 2.05) is 39.5 Å². The number of amides is 2. The van der Waals surface area contributed by atoms with E-state index in [1.165, 1.54) is 0 Å². The molecule has 0 aromatic heterocycles. The highest BCUT2D eigenvalue weighted by atomic mass is 16.2. The Morgan fingerprint density at radius 1 is 1.20 bits per heavy atom. The van der Waals surface area contributed by atoms with Crippen molar-refractivity contribution in [3.63, 3.8) is 0 Å². The van der Waals surface area contributed by atoms with E-state index in [1.54, 1.807) is 0 Å². The van der Waals surface area contributed by atoms with Crippen molar-refractivity contribution in [3.8, 4) is 0 Å². The van der Waals surface area contributed by atoms with Crippen molar-refractivity contribution in [3.05, 3.63) is 0 Å². The van der Waals surface area contributed by atoms with Crippen LogP contribution >= 0.6 is 0 Å². The summed E-state index contributed by atoms with van der Waals surface area (Å²) in [6.07, 6.45) is 3.18. The van der Waals surface area contributed by atoms with Crippen LogP contribution in [-0.4, -0.2) is 35.3 Å². The van der Waals surface area contributed by atoms with Crippen molar-refractivity contribution in [1.82, 2.24) is 10.2 Å². The van der Waals surface area contributed by atoms with E-state index in [9.17, 15) is 9.59 Å². The third-order valence-corrected chi connectivity index (χ3v) is 3.92. The van der Waals surface area contributed by atoms with Crippen LogP contribution in [-0.2, 0) is 9.59 Å². The predicted octanol–water partition coefficient (Wildman–Crippen LogP) is 2.57. The molecule has 1 fully saturated rings. The Morgan fingerprint density at radius 2 is 1.80 bits per heavy atom. The summed E-state index contributed by atoms with van der Waals surface area (Å²) in [5, 5.41) is 2.93. The van der Waals surface area contributed by atoms with Gasteiger partial charge in [-0.3, -0.25) is 9.59 Å². The smallest absolute Gasteiger partial charge is 0.246 e. The van der Waals surface area contributed by atoms with Crippen LogP contribution in [0.2, 0.25) is 0 Å². The molecule has 1 aliphatic heterocycles. The minimum absolute atomic E-state index is 0.00368. The number of hydrogen-bond acceptors (Lipinski definition) is 2. The second kappa shape index (κ2) is 6.59. The normalized spacial score (nSPS) is 24.2. The van der Waals surface area contributed by atoms with Gasteiger partial charge in [0.25, 0.3) is 0 Å². The van der Waals surface area contributed by atoms with Gasteiger partial charge < -0.3 is 10.2 Å². The zero-order chi connectivity index (χ0) is 15.5.